The third kappa shape index (κ3) is 7.25. The Labute approximate surface area is 215 Å². The number of carbonyl (C=O) groups excluding carboxylic acids is 2. The second-order valence-electron chi connectivity index (χ2n) is 10.6. The first-order valence-electron chi connectivity index (χ1n) is 13.7. The molecule has 2 atom stereocenters. The minimum Gasteiger partial charge on any atom is -0.349 e. The Hall–Kier alpha value is -3.02. The van der Waals surface area contributed by atoms with Gasteiger partial charge in [0, 0.05) is 23.2 Å². The zero-order chi connectivity index (χ0) is 25.3. The van der Waals surface area contributed by atoms with Gasteiger partial charge in [-0.1, -0.05) is 50.7 Å². The van der Waals surface area contributed by atoms with E-state index in [-0.39, 0.29) is 23.9 Å². The quantitative estimate of drug-likeness (QED) is 0.377. The van der Waals surface area contributed by atoms with Crippen molar-refractivity contribution in [3.8, 4) is 0 Å². The molecular weight excluding hydrogens is 448 g/mol. The third-order valence-electron chi connectivity index (χ3n) is 7.93. The van der Waals surface area contributed by atoms with Crippen LogP contribution in [0.4, 0.5) is 11.4 Å². The molecule has 2 amide bonds. The molecule has 6 heteroatoms. The molecule has 2 aromatic rings. The molecule has 0 aliphatic heterocycles. The van der Waals surface area contributed by atoms with Crippen molar-refractivity contribution in [3.63, 3.8) is 0 Å². The van der Waals surface area contributed by atoms with Crippen molar-refractivity contribution in [2.24, 2.45) is 22.1 Å². The molecule has 6 nitrogen and oxygen atoms in total. The average Bonchev–Trinajstić information content (AvgIpc) is 2.93. The predicted molar refractivity (Wildman–Crippen MR) is 144 cm³/mol. The molecule has 2 fully saturated rings. The number of amides is 2. The maximum Gasteiger partial charge on any atom is 0.251 e. The summed E-state index contributed by atoms with van der Waals surface area (Å²) in [6.45, 7) is 4.22. The SMILES string of the molecule is C[C@@H](NC(=O)c1cccc(N=Nc2cccc(C(=O)N[C@H](C)C3CCCCC3)c2)c1)C1CCCCC1. The van der Waals surface area contributed by atoms with Crippen molar-refractivity contribution in [3.05, 3.63) is 59.7 Å². The van der Waals surface area contributed by atoms with Crippen molar-refractivity contribution in [1.82, 2.24) is 10.6 Å². The average molecular weight is 489 g/mol. The van der Waals surface area contributed by atoms with Crippen LogP contribution in [0.15, 0.2) is 58.8 Å². The highest BCUT2D eigenvalue weighted by atomic mass is 16.2. The van der Waals surface area contributed by atoms with E-state index in [0.29, 0.717) is 34.3 Å². The number of nitrogens with one attached hydrogen (secondary N) is 2. The van der Waals surface area contributed by atoms with Gasteiger partial charge in [0.2, 0.25) is 0 Å². The zero-order valence-electron chi connectivity index (χ0n) is 21.7. The monoisotopic (exact) mass is 488 g/mol. The highest BCUT2D eigenvalue weighted by Gasteiger charge is 2.23. The lowest BCUT2D eigenvalue weighted by Crippen LogP contribution is -2.38. The van der Waals surface area contributed by atoms with Gasteiger partial charge in [-0.3, -0.25) is 9.59 Å². The van der Waals surface area contributed by atoms with Gasteiger partial charge in [-0.05, 0) is 87.8 Å². The summed E-state index contributed by atoms with van der Waals surface area (Å²) in [4.78, 5) is 25.6. The van der Waals surface area contributed by atoms with E-state index in [1.807, 2.05) is 24.3 Å². The smallest absolute Gasteiger partial charge is 0.251 e. The fourth-order valence-electron chi connectivity index (χ4n) is 5.62. The van der Waals surface area contributed by atoms with Gasteiger partial charge in [-0.25, -0.2) is 0 Å². The van der Waals surface area contributed by atoms with Crippen molar-refractivity contribution in [1.29, 1.82) is 0 Å². The molecule has 0 aromatic heterocycles. The number of nitrogens with zero attached hydrogens (tertiary/aromatic N) is 2. The summed E-state index contributed by atoms with van der Waals surface area (Å²) in [5, 5.41) is 15.0. The van der Waals surface area contributed by atoms with Crippen molar-refractivity contribution in [2.75, 3.05) is 0 Å². The molecule has 0 saturated heterocycles. The lowest BCUT2D eigenvalue weighted by atomic mass is 9.84. The van der Waals surface area contributed by atoms with Crippen molar-refractivity contribution in [2.45, 2.75) is 90.1 Å². The summed E-state index contributed by atoms with van der Waals surface area (Å²) < 4.78 is 0. The van der Waals surface area contributed by atoms with Crippen molar-refractivity contribution >= 4 is 23.2 Å². The van der Waals surface area contributed by atoms with E-state index in [1.165, 1.54) is 64.2 Å². The minimum atomic E-state index is -0.0733. The van der Waals surface area contributed by atoms with E-state index < -0.39 is 0 Å². The van der Waals surface area contributed by atoms with Crippen LogP contribution in [-0.2, 0) is 0 Å². The van der Waals surface area contributed by atoms with Gasteiger partial charge in [0.25, 0.3) is 11.8 Å². The number of azo groups is 1. The van der Waals surface area contributed by atoms with Gasteiger partial charge in [0.05, 0.1) is 11.4 Å². The summed E-state index contributed by atoms with van der Waals surface area (Å²) in [6, 6.07) is 14.8. The molecule has 0 spiro atoms. The summed E-state index contributed by atoms with van der Waals surface area (Å²) in [6.07, 6.45) is 12.4. The molecule has 2 aliphatic rings. The fraction of sp³-hybridized carbons (Fsp3) is 0.533. The lowest BCUT2D eigenvalue weighted by molar-refractivity contribution is 0.0911. The summed E-state index contributed by atoms with van der Waals surface area (Å²) in [5.74, 6) is 0.966. The number of rotatable bonds is 8. The second-order valence-corrected chi connectivity index (χ2v) is 10.6. The maximum absolute atomic E-state index is 12.8. The number of hydrogen-bond acceptors (Lipinski definition) is 4. The van der Waals surface area contributed by atoms with Gasteiger partial charge >= 0.3 is 0 Å². The molecule has 2 N–H and O–H groups in total. The molecule has 0 bridgehead atoms. The fourth-order valence-corrected chi connectivity index (χ4v) is 5.62. The van der Waals surface area contributed by atoms with Crippen molar-refractivity contribution < 1.29 is 9.59 Å². The van der Waals surface area contributed by atoms with Crippen LogP contribution in [0.5, 0.6) is 0 Å². The molecule has 0 unspecified atom stereocenters. The molecule has 0 radical (unpaired) electrons. The maximum atomic E-state index is 12.8. The Morgan fingerprint density at radius 2 is 1.06 bits per heavy atom. The Kier molecular flexibility index (Phi) is 9.26. The normalized spacial score (nSPS) is 19.1. The van der Waals surface area contributed by atoms with Gasteiger partial charge in [0.1, 0.15) is 0 Å². The van der Waals surface area contributed by atoms with Crippen LogP contribution in [0, 0.1) is 11.8 Å². The molecule has 36 heavy (non-hydrogen) atoms. The highest BCUT2D eigenvalue weighted by molar-refractivity contribution is 5.95. The summed E-state index contributed by atoms with van der Waals surface area (Å²) in [7, 11) is 0. The molecule has 2 saturated carbocycles. The molecule has 4 rings (SSSR count). The first kappa shape index (κ1) is 26.1. The van der Waals surface area contributed by atoms with Crippen LogP contribution in [0.25, 0.3) is 0 Å². The Morgan fingerprint density at radius 1 is 0.667 bits per heavy atom. The highest BCUT2D eigenvalue weighted by Crippen LogP contribution is 2.28. The van der Waals surface area contributed by atoms with Gasteiger partial charge in [0.15, 0.2) is 0 Å². The van der Waals surface area contributed by atoms with Gasteiger partial charge in [-0.15, -0.1) is 0 Å². The summed E-state index contributed by atoms with van der Waals surface area (Å²) >= 11 is 0. The third-order valence-corrected chi connectivity index (χ3v) is 7.93. The zero-order valence-corrected chi connectivity index (χ0v) is 21.7. The van der Waals surface area contributed by atoms with Crippen LogP contribution < -0.4 is 10.6 Å². The standard InChI is InChI=1S/C30H40N4O2/c1-21(23-11-5-3-6-12-23)31-29(35)25-15-9-17-27(19-25)33-34-28-18-10-16-26(20-28)30(36)32-22(2)24-13-7-4-8-14-24/h9-10,15-24H,3-8,11-14H2,1-2H3,(H,31,35)(H,32,36)/t21-,22-/m1/s1. The molecule has 0 heterocycles. The Bertz CT molecular complexity index is 971. The molecule has 192 valence electrons. The predicted octanol–water partition coefficient (Wildman–Crippen LogP) is 7.50. The second kappa shape index (κ2) is 12.8. The topological polar surface area (TPSA) is 82.9 Å². The van der Waals surface area contributed by atoms with Gasteiger partial charge in [-0.2, -0.15) is 10.2 Å². The Balaban J connectivity index is 1.36. The van der Waals surface area contributed by atoms with Crippen LogP contribution >= 0.6 is 0 Å². The molecular formula is C30H40N4O2. The summed E-state index contributed by atoms with van der Waals surface area (Å²) in [5.41, 5.74) is 2.38. The number of carbonyl (C=O) groups is 2. The minimum absolute atomic E-state index is 0.0733. The number of benzene rings is 2. The van der Waals surface area contributed by atoms with Gasteiger partial charge < -0.3 is 10.6 Å². The number of hydrogen-bond donors (Lipinski definition) is 2. The van der Waals surface area contributed by atoms with E-state index in [1.54, 1.807) is 24.3 Å². The van der Waals surface area contributed by atoms with E-state index in [0.717, 1.165) is 0 Å². The van der Waals surface area contributed by atoms with Crippen LogP contribution in [0.3, 0.4) is 0 Å². The Morgan fingerprint density at radius 3 is 1.44 bits per heavy atom. The molecule has 2 aliphatic carbocycles. The van der Waals surface area contributed by atoms with E-state index in [9.17, 15) is 9.59 Å². The lowest BCUT2D eigenvalue weighted by Gasteiger charge is -2.28. The van der Waals surface area contributed by atoms with Crippen LogP contribution in [0.2, 0.25) is 0 Å². The molecule has 2 aromatic carbocycles. The van der Waals surface area contributed by atoms with E-state index >= 15 is 0 Å². The van der Waals surface area contributed by atoms with E-state index in [4.69, 9.17) is 0 Å². The largest absolute Gasteiger partial charge is 0.349 e. The van der Waals surface area contributed by atoms with E-state index in [2.05, 4.69) is 34.7 Å². The first-order valence-corrected chi connectivity index (χ1v) is 13.7. The van der Waals surface area contributed by atoms with Crippen LogP contribution in [0.1, 0.15) is 98.8 Å². The van der Waals surface area contributed by atoms with Crippen LogP contribution in [-0.4, -0.2) is 23.9 Å². The first-order chi connectivity index (χ1) is 17.5.